The van der Waals surface area contributed by atoms with Crippen LogP contribution in [-0.2, 0) is 33.2 Å². The second-order valence-corrected chi connectivity index (χ2v) is 16.3. The molecule has 48 heavy (non-hydrogen) atoms. The number of ether oxygens (including phenoxy) is 6. The molecule has 2 unspecified atom stereocenters. The van der Waals surface area contributed by atoms with Crippen LogP contribution in [0.2, 0.25) is 0 Å². The fraction of sp³-hybridized carbons (Fsp3) is 0.972. The van der Waals surface area contributed by atoms with Crippen LogP contribution in [0.25, 0.3) is 0 Å². The van der Waals surface area contributed by atoms with E-state index in [0.717, 1.165) is 32.1 Å². The molecular weight excluding hydrogens is 631 g/mol. The van der Waals surface area contributed by atoms with E-state index >= 15 is 0 Å². The van der Waals surface area contributed by atoms with Gasteiger partial charge in [-0.25, -0.2) is 0 Å². The smallest absolute Gasteiger partial charge is 0.550 e. The molecule has 0 aromatic carbocycles. The van der Waals surface area contributed by atoms with Crippen molar-refractivity contribution < 1.29 is 83.2 Å². The molecular formula is C36H61NaO11. The molecule has 5 heterocycles. The quantitative estimate of drug-likeness (QED) is 0.264. The van der Waals surface area contributed by atoms with Crippen LogP contribution in [0.1, 0.15) is 107 Å². The number of aliphatic hydroxyl groups is 3. The van der Waals surface area contributed by atoms with Crippen molar-refractivity contribution in [2.24, 2.45) is 35.5 Å². The van der Waals surface area contributed by atoms with Gasteiger partial charge in [-0.05, 0) is 57.3 Å². The molecule has 0 radical (unpaired) electrons. The second kappa shape index (κ2) is 15.2. The SMILES string of the molecule is CC[C@@]1([C@H]2O[C@H]([C@H]3O[C@@](O)(CO)[C@H](C)CC3C)C[C@H]2C)CC[C@H]([C@@]2(C)CC[C@]3(CC(O)[C@@H](C)[C@@H]([C@H](C)[C@H](OC)[C@@H](C)C(=O)[O-])O3)O2)O1.[Na+]. The zero-order chi connectivity index (χ0) is 34.7. The predicted octanol–water partition coefficient (Wildman–Crippen LogP) is -0.0578. The number of carbonyl (C=O) groups excluding carboxylic acids is 1. The molecule has 0 amide bonds. The number of methoxy groups -OCH3 is 1. The van der Waals surface area contributed by atoms with Gasteiger partial charge in [0.1, 0.15) is 0 Å². The Bertz CT molecular complexity index is 1110. The summed E-state index contributed by atoms with van der Waals surface area (Å²) in [5.41, 5.74) is -1.16. The van der Waals surface area contributed by atoms with Crippen molar-refractivity contribution in [3.05, 3.63) is 0 Å². The van der Waals surface area contributed by atoms with Crippen molar-refractivity contribution in [3.8, 4) is 0 Å². The minimum Gasteiger partial charge on any atom is -0.550 e. The van der Waals surface area contributed by atoms with E-state index in [0.29, 0.717) is 19.3 Å². The summed E-state index contributed by atoms with van der Waals surface area (Å²) in [5.74, 6) is -4.97. The van der Waals surface area contributed by atoms with E-state index in [1.165, 1.54) is 7.11 Å². The van der Waals surface area contributed by atoms with Crippen molar-refractivity contribution in [1.29, 1.82) is 0 Å². The third kappa shape index (κ3) is 7.33. The van der Waals surface area contributed by atoms with Crippen LogP contribution in [0, 0.1) is 35.5 Å². The maximum Gasteiger partial charge on any atom is 1.00 e. The number of aliphatic hydroxyl groups excluding tert-OH is 2. The maximum absolute atomic E-state index is 11.7. The van der Waals surface area contributed by atoms with E-state index in [1.54, 1.807) is 6.92 Å². The molecule has 1 spiro atoms. The monoisotopic (exact) mass is 692 g/mol. The summed E-state index contributed by atoms with van der Waals surface area (Å²) < 4.78 is 39.3. The summed E-state index contributed by atoms with van der Waals surface area (Å²) in [6, 6.07) is 0. The van der Waals surface area contributed by atoms with Crippen LogP contribution in [-0.4, -0.2) is 101 Å². The first-order valence-corrected chi connectivity index (χ1v) is 18.1. The van der Waals surface area contributed by atoms with Gasteiger partial charge in [-0.1, -0.05) is 48.5 Å². The number of hydrogen-bond acceptors (Lipinski definition) is 11. The average Bonchev–Trinajstić information content (AvgIpc) is 3.73. The van der Waals surface area contributed by atoms with Gasteiger partial charge in [0.15, 0.2) is 11.6 Å². The van der Waals surface area contributed by atoms with E-state index in [9.17, 15) is 25.2 Å². The van der Waals surface area contributed by atoms with Crippen LogP contribution in [0.4, 0.5) is 0 Å². The molecule has 0 aromatic heterocycles. The molecule has 5 saturated heterocycles. The van der Waals surface area contributed by atoms with Gasteiger partial charge < -0.3 is 53.6 Å². The van der Waals surface area contributed by atoms with Crippen molar-refractivity contribution in [3.63, 3.8) is 0 Å². The molecule has 12 heteroatoms. The molecule has 17 atom stereocenters. The van der Waals surface area contributed by atoms with Crippen LogP contribution >= 0.6 is 0 Å². The van der Waals surface area contributed by atoms with Gasteiger partial charge in [0.2, 0.25) is 0 Å². The van der Waals surface area contributed by atoms with Gasteiger partial charge in [-0.3, -0.25) is 0 Å². The van der Waals surface area contributed by atoms with E-state index in [2.05, 4.69) is 27.7 Å². The minimum absolute atomic E-state index is 0. The van der Waals surface area contributed by atoms with Gasteiger partial charge >= 0.3 is 29.6 Å². The summed E-state index contributed by atoms with van der Waals surface area (Å²) in [6.07, 6.45) is 2.81. The van der Waals surface area contributed by atoms with Crippen molar-refractivity contribution in [1.82, 2.24) is 0 Å². The largest absolute Gasteiger partial charge is 1.00 e. The summed E-state index contributed by atoms with van der Waals surface area (Å²) in [7, 11) is 1.50. The Hall–Kier alpha value is 0.110. The second-order valence-electron chi connectivity index (χ2n) is 16.3. The first-order valence-electron chi connectivity index (χ1n) is 18.1. The molecule has 5 aliphatic rings. The van der Waals surface area contributed by atoms with E-state index in [4.69, 9.17) is 28.4 Å². The summed E-state index contributed by atoms with van der Waals surface area (Å²) in [5, 5.41) is 43.9. The Labute approximate surface area is 309 Å². The average molecular weight is 693 g/mol. The maximum atomic E-state index is 11.7. The van der Waals surface area contributed by atoms with Crippen LogP contribution in [0.15, 0.2) is 0 Å². The summed E-state index contributed by atoms with van der Waals surface area (Å²) >= 11 is 0. The summed E-state index contributed by atoms with van der Waals surface area (Å²) in [6.45, 7) is 15.4. The van der Waals surface area contributed by atoms with Crippen LogP contribution < -0.4 is 34.7 Å². The van der Waals surface area contributed by atoms with E-state index in [1.807, 2.05) is 20.8 Å². The zero-order valence-corrected chi connectivity index (χ0v) is 33.0. The Balaban J connectivity index is 0.00000520. The van der Waals surface area contributed by atoms with E-state index in [-0.39, 0.29) is 83.6 Å². The third-order valence-corrected chi connectivity index (χ3v) is 13.0. The topological polar surface area (TPSA) is 156 Å². The van der Waals surface area contributed by atoms with E-state index < -0.39 is 59.6 Å². The Morgan fingerprint density at radius 2 is 1.73 bits per heavy atom. The molecule has 5 fully saturated rings. The van der Waals surface area contributed by atoms with Crippen molar-refractivity contribution in [2.75, 3.05) is 13.7 Å². The molecule has 5 aliphatic heterocycles. The molecule has 0 aliphatic carbocycles. The number of aliphatic carboxylic acids is 1. The number of carboxylic acid groups (broad SMARTS) is 1. The fourth-order valence-electron chi connectivity index (χ4n) is 9.91. The standard InChI is InChI=1S/C36H62O11.Na/c1-10-34(31-20(3)16-26(43-31)28-19(2)15-21(4)36(41,18-37)46-28)12-11-27(44-34)33(8)13-14-35(47-33)17-25(38)22(5)30(45-35)23(6)29(42-9)24(7)32(39)40;/h19-31,37-38,41H,10-18H2,1-9H3,(H,39,40);/q;+1/p-1/t19?,20-,21-,22-,23-,24-,25?,26+,27-,28+,29+,30+,31+,33-,34+,35-,36+;/m1./s1. The molecule has 0 aromatic rings. The Morgan fingerprint density at radius 3 is 2.33 bits per heavy atom. The molecule has 0 bridgehead atoms. The van der Waals surface area contributed by atoms with Gasteiger partial charge in [-0.15, -0.1) is 0 Å². The first kappa shape index (κ1) is 40.9. The molecule has 0 saturated carbocycles. The number of carboxylic acids is 1. The fourth-order valence-corrected chi connectivity index (χ4v) is 9.91. The molecule has 272 valence electrons. The number of carbonyl (C=O) groups is 1. The third-order valence-electron chi connectivity index (χ3n) is 13.0. The van der Waals surface area contributed by atoms with Gasteiger partial charge in [0.05, 0.1) is 60.5 Å². The molecule has 11 nitrogen and oxygen atoms in total. The van der Waals surface area contributed by atoms with Crippen LogP contribution in [0.5, 0.6) is 0 Å². The Morgan fingerprint density at radius 1 is 1.04 bits per heavy atom. The Kier molecular flexibility index (Phi) is 13.0. The van der Waals surface area contributed by atoms with Crippen LogP contribution in [0.3, 0.4) is 0 Å². The minimum atomic E-state index is -1.57. The number of rotatable bonds is 10. The van der Waals surface area contributed by atoms with Crippen molar-refractivity contribution in [2.45, 2.75) is 172 Å². The normalized spacial score (nSPS) is 49.8. The first-order chi connectivity index (χ1) is 22.0. The predicted molar refractivity (Wildman–Crippen MR) is 170 cm³/mol. The number of hydrogen-bond donors (Lipinski definition) is 3. The van der Waals surface area contributed by atoms with Crippen molar-refractivity contribution >= 4 is 5.97 Å². The zero-order valence-electron chi connectivity index (χ0n) is 31.0. The van der Waals surface area contributed by atoms with Gasteiger partial charge in [0.25, 0.3) is 0 Å². The molecule has 3 N–H and O–H groups in total. The van der Waals surface area contributed by atoms with Gasteiger partial charge in [-0.2, -0.15) is 0 Å². The summed E-state index contributed by atoms with van der Waals surface area (Å²) in [4.78, 5) is 11.7. The molecule has 5 rings (SSSR count). The van der Waals surface area contributed by atoms with Gasteiger partial charge in [0, 0.05) is 49.6 Å².